The standard InChI is InChI=1S/C24H20Br2NP/c25-20-16-18-21(19-17-20)27-28(26,22-10-4-1-5-11-22,23-12-6-2-7-13-23)24-14-8-3-9-15-24/h1-19,27H. The van der Waals surface area contributed by atoms with Gasteiger partial charge in [0.05, 0.1) is 0 Å². The molecule has 0 aliphatic heterocycles. The fourth-order valence-electron chi connectivity index (χ4n) is 3.53. The van der Waals surface area contributed by atoms with Crippen LogP contribution in [0.15, 0.2) is 120 Å². The Hall–Kier alpha value is -1.93. The molecule has 0 atom stereocenters. The SMILES string of the molecule is Brc1ccc(NP(Br)(c2ccccc2)(c2ccccc2)c2ccccc2)cc1. The monoisotopic (exact) mass is 511 g/mol. The van der Waals surface area contributed by atoms with Crippen LogP contribution in [0.1, 0.15) is 0 Å². The van der Waals surface area contributed by atoms with Crippen molar-refractivity contribution in [2.24, 2.45) is 0 Å². The second-order valence-electron chi connectivity index (χ2n) is 6.63. The molecule has 4 aromatic carbocycles. The zero-order valence-corrected chi connectivity index (χ0v) is 19.2. The quantitative estimate of drug-likeness (QED) is 0.296. The van der Waals surface area contributed by atoms with E-state index in [9.17, 15) is 0 Å². The molecule has 28 heavy (non-hydrogen) atoms. The van der Waals surface area contributed by atoms with Gasteiger partial charge in [0.2, 0.25) is 0 Å². The van der Waals surface area contributed by atoms with Crippen LogP contribution in [0.25, 0.3) is 0 Å². The van der Waals surface area contributed by atoms with Crippen molar-refractivity contribution in [2.75, 3.05) is 5.09 Å². The van der Waals surface area contributed by atoms with Gasteiger partial charge in [0.15, 0.2) is 0 Å². The van der Waals surface area contributed by atoms with Crippen molar-refractivity contribution in [2.45, 2.75) is 0 Å². The molecule has 0 radical (unpaired) electrons. The summed E-state index contributed by atoms with van der Waals surface area (Å²) < 4.78 is 1.06. The number of benzene rings is 4. The number of rotatable bonds is 5. The van der Waals surface area contributed by atoms with Crippen LogP contribution in [-0.4, -0.2) is 0 Å². The number of hydrogen-bond acceptors (Lipinski definition) is 1. The molecule has 0 saturated carbocycles. The second-order valence-corrected chi connectivity index (χ2v) is 15.6. The molecule has 0 amide bonds. The Morgan fingerprint density at radius 2 is 0.857 bits per heavy atom. The van der Waals surface area contributed by atoms with Gasteiger partial charge in [-0.25, -0.2) is 0 Å². The summed E-state index contributed by atoms with van der Waals surface area (Å²) in [5.74, 6) is 0. The van der Waals surface area contributed by atoms with E-state index in [0.29, 0.717) is 0 Å². The molecular formula is C24H20Br2NP. The molecule has 0 heterocycles. The first kappa shape index (κ1) is 19.4. The summed E-state index contributed by atoms with van der Waals surface area (Å²) in [6.45, 7) is 0. The van der Waals surface area contributed by atoms with E-state index >= 15 is 0 Å². The van der Waals surface area contributed by atoms with E-state index in [2.05, 4.69) is 152 Å². The van der Waals surface area contributed by atoms with Gasteiger partial charge in [-0.1, -0.05) is 0 Å². The van der Waals surface area contributed by atoms with Gasteiger partial charge in [-0.2, -0.15) is 0 Å². The Bertz CT molecular complexity index is 953. The molecule has 0 bridgehead atoms. The molecule has 1 nitrogen and oxygen atoms in total. The third-order valence-electron chi connectivity index (χ3n) is 4.91. The van der Waals surface area contributed by atoms with E-state index < -0.39 is 5.46 Å². The molecule has 1 N–H and O–H groups in total. The van der Waals surface area contributed by atoms with E-state index in [1.54, 1.807) is 0 Å². The van der Waals surface area contributed by atoms with E-state index in [4.69, 9.17) is 0 Å². The van der Waals surface area contributed by atoms with Crippen LogP contribution < -0.4 is 21.0 Å². The fourth-order valence-corrected chi connectivity index (χ4v) is 10.6. The van der Waals surface area contributed by atoms with E-state index in [-0.39, 0.29) is 0 Å². The van der Waals surface area contributed by atoms with Crippen LogP contribution in [0.2, 0.25) is 0 Å². The molecule has 0 spiro atoms. The van der Waals surface area contributed by atoms with Gasteiger partial charge in [-0.05, 0) is 0 Å². The number of nitrogens with one attached hydrogen (secondary N) is 1. The van der Waals surface area contributed by atoms with Gasteiger partial charge in [0, 0.05) is 0 Å². The minimum atomic E-state index is -3.15. The fraction of sp³-hybridized carbons (Fsp3) is 0. The molecule has 4 rings (SSSR count). The Kier molecular flexibility index (Phi) is 5.42. The summed E-state index contributed by atoms with van der Waals surface area (Å²) >= 11 is 7.92. The van der Waals surface area contributed by atoms with Crippen molar-refractivity contribution in [3.8, 4) is 0 Å². The third-order valence-corrected chi connectivity index (χ3v) is 14.1. The van der Waals surface area contributed by atoms with Gasteiger partial charge in [0.1, 0.15) is 0 Å². The molecule has 140 valence electrons. The molecule has 0 aliphatic carbocycles. The Morgan fingerprint density at radius 3 is 1.21 bits per heavy atom. The minimum absolute atomic E-state index is 1.06. The maximum absolute atomic E-state index is 4.38. The van der Waals surface area contributed by atoms with Crippen LogP contribution in [0.5, 0.6) is 0 Å². The average Bonchev–Trinajstić information content (AvgIpc) is 2.77. The van der Waals surface area contributed by atoms with Crippen LogP contribution in [0.3, 0.4) is 0 Å². The van der Waals surface area contributed by atoms with E-state index in [1.165, 1.54) is 15.9 Å². The van der Waals surface area contributed by atoms with Gasteiger partial charge in [-0.3, -0.25) is 0 Å². The Morgan fingerprint density at radius 1 is 0.500 bits per heavy atom. The van der Waals surface area contributed by atoms with Gasteiger partial charge in [-0.15, -0.1) is 0 Å². The van der Waals surface area contributed by atoms with E-state index in [0.717, 1.165) is 10.2 Å². The van der Waals surface area contributed by atoms with Crippen molar-refractivity contribution in [3.05, 3.63) is 120 Å². The Balaban J connectivity index is 2.07. The summed E-state index contributed by atoms with van der Waals surface area (Å²) in [5.41, 5.74) is -2.09. The average molecular weight is 513 g/mol. The van der Waals surface area contributed by atoms with Crippen LogP contribution in [0.4, 0.5) is 5.69 Å². The van der Waals surface area contributed by atoms with Gasteiger partial charge >= 0.3 is 183 Å². The first-order valence-corrected chi connectivity index (χ1v) is 14.1. The second kappa shape index (κ2) is 7.83. The molecule has 0 unspecified atom stereocenters. The van der Waals surface area contributed by atoms with Crippen molar-refractivity contribution < 1.29 is 0 Å². The van der Waals surface area contributed by atoms with Gasteiger partial charge in [0.25, 0.3) is 0 Å². The zero-order chi connectivity index (χ0) is 19.5. The summed E-state index contributed by atoms with van der Waals surface area (Å²) in [6, 6.07) is 40.4. The summed E-state index contributed by atoms with van der Waals surface area (Å²) in [4.78, 5) is 0. The van der Waals surface area contributed by atoms with Gasteiger partial charge < -0.3 is 0 Å². The molecular weight excluding hydrogens is 493 g/mol. The summed E-state index contributed by atoms with van der Waals surface area (Å²) in [7, 11) is 0. The van der Waals surface area contributed by atoms with Crippen LogP contribution >= 0.6 is 36.9 Å². The first-order valence-electron chi connectivity index (χ1n) is 9.06. The van der Waals surface area contributed by atoms with Crippen molar-refractivity contribution in [1.82, 2.24) is 0 Å². The molecule has 0 aromatic heterocycles. The summed E-state index contributed by atoms with van der Waals surface area (Å²) in [6.07, 6.45) is 0. The topological polar surface area (TPSA) is 12.0 Å². The van der Waals surface area contributed by atoms with Crippen molar-refractivity contribution >= 4 is 58.5 Å². The normalized spacial score (nSPS) is 12.7. The third kappa shape index (κ3) is 3.33. The molecule has 0 fully saturated rings. The molecule has 4 heteroatoms. The van der Waals surface area contributed by atoms with Crippen molar-refractivity contribution in [3.63, 3.8) is 0 Å². The molecule has 0 aliphatic rings. The number of anilines is 1. The molecule has 0 saturated heterocycles. The zero-order valence-electron chi connectivity index (χ0n) is 15.2. The first-order chi connectivity index (χ1) is 13.6. The predicted octanol–water partition coefficient (Wildman–Crippen LogP) is 6.62. The molecule has 4 aromatic rings. The number of hydrogen-bond donors (Lipinski definition) is 1. The van der Waals surface area contributed by atoms with Crippen molar-refractivity contribution in [1.29, 1.82) is 0 Å². The van der Waals surface area contributed by atoms with Crippen LogP contribution in [-0.2, 0) is 0 Å². The number of halogens is 2. The Labute approximate surface area is 182 Å². The van der Waals surface area contributed by atoms with Crippen LogP contribution in [0, 0.1) is 0 Å². The summed E-state index contributed by atoms with van der Waals surface area (Å²) in [5, 5.41) is 7.66. The van der Waals surface area contributed by atoms with E-state index in [1.807, 2.05) is 0 Å². The maximum atomic E-state index is 4.38. The predicted molar refractivity (Wildman–Crippen MR) is 132 cm³/mol.